The van der Waals surface area contributed by atoms with Crippen molar-refractivity contribution < 1.29 is 0 Å². The zero-order valence-electron chi connectivity index (χ0n) is 26.4. The number of rotatable bonds is 9. The maximum atomic E-state index is 4.12. The van der Waals surface area contributed by atoms with Gasteiger partial charge in [-0.2, -0.15) is 0 Å². The van der Waals surface area contributed by atoms with Crippen LogP contribution >= 0.6 is 16.1 Å². The van der Waals surface area contributed by atoms with Gasteiger partial charge in [-0.05, 0) is 33.7 Å². The fourth-order valence-electron chi connectivity index (χ4n) is 6.37. The molecule has 0 aromatic heterocycles. The molecule has 4 heteroatoms. The Morgan fingerprint density at radius 3 is 0.896 bits per heavy atom. The first-order chi connectivity index (χ1) is 23.8. The molecule has 0 aliphatic heterocycles. The summed E-state index contributed by atoms with van der Waals surface area (Å²) in [6, 6.07) is 70.0. The third-order valence-electron chi connectivity index (χ3n) is 8.63. The molecule has 8 aromatic carbocycles. The largest absolute Gasteiger partial charge is 0.356 e. The Morgan fingerprint density at radius 1 is 0.271 bits per heavy atom. The molecule has 2 N–H and O–H groups in total. The van der Waals surface area contributed by atoms with Crippen LogP contribution in [0.15, 0.2) is 194 Å². The highest BCUT2D eigenvalue weighted by Gasteiger charge is 2.23. The Bertz CT molecular complexity index is 2050. The summed E-state index contributed by atoms with van der Waals surface area (Å²) in [7, 11) is -1.79. The Labute approximate surface area is 284 Å². The number of nitrogens with one attached hydrogen (secondary N) is 2. The van der Waals surface area contributed by atoms with Crippen molar-refractivity contribution in [2.24, 2.45) is 0 Å². The van der Waals surface area contributed by atoms with E-state index in [0.29, 0.717) is 0 Å². The molecule has 8 aromatic rings. The molecule has 0 atom stereocenters. The highest BCUT2D eigenvalue weighted by Crippen LogP contribution is 2.49. The molecule has 48 heavy (non-hydrogen) atoms. The van der Waals surface area contributed by atoms with Gasteiger partial charge in [-0.25, -0.2) is 0 Å². The molecular weight excluding hydrogens is 618 g/mol. The summed E-state index contributed by atoms with van der Waals surface area (Å²) >= 11 is 0. The minimum Gasteiger partial charge on any atom is -0.356 e. The van der Waals surface area contributed by atoms with Crippen molar-refractivity contribution in [1.82, 2.24) is 0 Å². The summed E-state index contributed by atoms with van der Waals surface area (Å²) in [5.74, 6) is 0. The zero-order valence-corrected chi connectivity index (χ0v) is 28.2. The van der Waals surface area contributed by atoms with E-state index in [4.69, 9.17) is 0 Å². The molecule has 2 nitrogen and oxygen atoms in total. The molecule has 0 aliphatic rings. The summed E-state index contributed by atoms with van der Waals surface area (Å²) in [4.78, 5) is 0. The lowest BCUT2D eigenvalue weighted by molar-refractivity contribution is 1.64. The van der Waals surface area contributed by atoms with Crippen molar-refractivity contribution in [1.29, 1.82) is 0 Å². The summed E-state index contributed by atoms with van der Waals surface area (Å²) in [6.45, 7) is 0. The van der Waals surface area contributed by atoms with Gasteiger partial charge in [-0.1, -0.05) is 182 Å². The lowest BCUT2D eigenvalue weighted by Crippen LogP contribution is -2.18. The van der Waals surface area contributed by atoms with Gasteiger partial charge in [0.25, 0.3) is 0 Å². The molecule has 0 saturated carbocycles. The van der Waals surface area contributed by atoms with Gasteiger partial charge in [0, 0.05) is 43.7 Å². The van der Waals surface area contributed by atoms with Crippen LogP contribution in [0, 0.1) is 0 Å². The van der Waals surface area contributed by atoms with E-state index in [1.54, 1.807) is 0 Å². The van der Waals surface area contributed by atoms with E-state index in [1.165, 1.54) is 53.9 Å². The molecule has 0 saturated heterocycles. The monoisotopic (exact) mass is 652 g/mol. The number of hydrogen-bond acceptors (Lipinski definition) is 2. The van der Waals surface area contributed by atoms with Crippen molar-refractivity contribution in [2.45, 2.75) is 0 Å². The normalized spacial score (nSPS) is 11.3. The average Bonchev–Trinajstić information content (AvgIpc) is 3.17. The van der Waals surface area contributed by atoms with Gasteiger partial charge in [0.1, 0.15) is 0 Å². The molecule has 230 valence electrons. The van der Waals surface area contributed by atoms with Crippen LogP contribution in [0.25, 0.3) is 32.7 Å². The van der Waals surface area contributed by atoms with E-state index >= 15 is 0 Å². The quantitative estimate of drug-likeness (QED) is 0.152. The SMILES string of the molecule is c1ccc(P(Nc2ccc3ccccc3c2-c2c(NP(c3ccccc3)c3ccccc3)ccc3ccccc23)c2ccccc2)cc1. The Hall–Kier alpha value is -5.26. The first kappa shape index (κ1) is 30.1. The van der Waals surface area contributed by atoms with Gasteiger partial charge in [-0.3, -0.25) is 0 Å². The second-order valence-corrected chi connectivity index (χ2v) is 15.5. The smallest absolute Gasteiger partial charge is 0.0522 e. The molecule has 0 amide bonds. The first-order valence-electron chi connectivity index (χ1n) is 16.2. The first-order valence-corrected chi connectivity index (χ1v) is 18.9. The maximum absolute atomic E-state index is 4.12. The van der Waals surface area contributed by atoms with Crippen LogP contribution in [0.4, 0.5) is 11.4 Å². The molecule has 0 heterocycles. The Balaban J connectivity index is 1.37. The van der Waals surface area contributed by atoms with Crippen molar-refractivity contribution in [2.75, 3.05) is 10.2 Å². The standard InChI is InChI=1S/C44H34N2P2/c1-5-19-35(20-6-1)47(36-21-7-2-8-22-36)45-41-31-29-33-17-13-15-27-39(33)43(41)44-40-28-16-14-18-34(40)30-32-42(44)46-48(37-23-9-3-10-24-37)38-25-11-4-12-26-38/h1-32,45-46H. The van der Waals surface area contributed by atoms with Crippen LogP contribution in [0.3, 0.4) is 0 Å². The minimum absolute atomic E-state index is 0.897. The zero-order chi connectivity index (χ0) is 32.1. The summed E-state index contributed by atoms with van der Waals surface area (Å²) in [5.41, 5.74) is 4.66. The molecule has 0 aliphatic carbocycles. The van der Waals surface area contributed by atoms with Crippen LogP contribution < -0.4 is 31.4 Å². The highest BCUT2D eigenvalue weighted by atomic mass is 31.1. The summed E-state index contributed by atoms with van der Waals surface area (Å²) < 4.78 is 0. The van der Waals surface area contributed by atoms with Crippen LogP contribution in [0.2, 0.25) is 0 Å². The van der Waals surface area contributed by atoms with Crippen molar-refractivity contribution in [3.8, 4) is 11.1 Å². The molecule has 0 unspecified atom stereocenters. The molecular formula is C44H34N2P2. The van der Waals surface area contributed by atoms with Crippen molar-refractivity contribution in [3.63, 3.8) is 0 Å². The van der Waals surface area contributed by atoms with Gasteiger partial charge in [-0.15, -0.1) is 0 Å². The molecule has 0 bridgehead atoms. The molecule has 0 fully saturated rings. The predicted molar refractivity (Wildman–Crippen MR) is 212 cm³/mol. The lowest BCUT2D eigenvalue weighted by atomic mass is 9.91. The number of hydrogen-bond donors (Lipinski definition) is 2. The Kier molecular flexibility index (Phi) is 8.68. The predicted octanol–water partition coefficient (Wildman–Crippen LogP) is 10.6. The topological polar surface area (TPSA) is 24.1 Å². The highest BCUT2D eigenvalue weighted by molar-refractivity contribution is 7.74. The van der Waals surface area contributed by atoms with Crippen molar-refractivity contribution >= 4 is 70.3 Å². The number of anilines is 2. The van der Waals surface area contributed by atoms with E-state index in [2.05, 4.69) is 204 Å². The van der Waals surface area contributed by atoms with Crippen LogP contribution in [-0.4, -0.2) is 0 Å². The van der Waals surface area contributed by atoms with Gasteiger partial charge < -0.3 is 10.2 Å². The van der Waals surface area contributed by atoms with Crippen LogP contribution in [0.5, 0.6) is 0 Å². The molecule has 0 radical (unpaired) electrons. The van der Waals surface area contributed by atoms with E-state index in [-0.39, 0.29) is 0 Å². The van der Waals surface area contributed by atoms with Crippen molar-refractivity contribution in [3.05, 3.63) is 194 Å². The fourth-order valence-corrected chi connectivity index (χ4v) is 10.2. The third kappa shape index (κ3) is 6.10. The number of fused-ring (bicyclic) bond motifs is 2. The summed E-state index contributed by atoms with van der Waals surface area (Å²) in [5, 5.41) is 18.3. The second kappa shape index (κ2) is 13.8. The van der Waals surface area contributed by atoms with Gasteiger partial charge >= 0.3 is 0 Å². The van der Waals surface area contributed by atoms with E-state index < -0.39 is 16.1 Å². The van der Waals surface area contributed by atoms with Crippen LogP contribution in [0.1, 0.15) is 0 Å². The minimum atomic E-state index is -0.897. The fraction of sp³-hybridized carbons (Fsp3) is 0. The van der Waals surface area contributed by atoms with E-state index in [0.717, 1.165) is 11.4 Å². The van der Waals surface area contributed by atoms with Gasteiger partial charge in [0.15, 0.2) is 0 Å². The molecule has 0 spiro atoms. The van der Waals surface area contributed by atoms with Gasteiger partial charge in [0.05, 0.1) is 16.1 Å². The van der Waals surface area contributed by atoms with Gasteiger partial charge in [0.2, 0.25) is 0 Å². The summed E-state index contributed by atoms with van der Waals surface area (Å²) in [6.07, 6.45) is 0. The average molecular weight is 653 g/mol. The van der Waals surface area contributed by atoms with Crippen LogP contribution in [-0.2, 0) is 0 Å². The lowest BCUT2D eigenvalue weighted by Gasteiger charge is -2.27. The van der Waals surface area contributed by atoms with E-state index in [9.17, 15) is 0 Å². The maximum Gasteiger partial charge on any atom is 0.0522 e. The third-order valence-corrected chi connectivity index (χ3v) is 12.8. The Morgan fingerprint density at radius 2 is 0.562 bits per heavy atom. The second-order valence-electron chi connectivity index (χ2n) is 11.7. The molecule has 8 rings (SSSR count). The number of benzene rings is 8. The van der Waals surface area contributed by atoms with E-state index in [1.807, 2.05) is 0 Å².